The van der Waals surface area contributed by atoms with Gasteiger partial charge in [0.25, 0.3) is 0 Å². The Hall–Kier alpha value is -3.22. The molecule has 6 heteroatoms. The standard InChI is InChI=1S/C41H53NO4S/c1-3-4-26-42(2)39(43)31-47-29-13-6-5-11-27-44-35-22-20-33(21-23-35)41-37(32-15-8-7-9-16-32)18-14-17-34-30-36(24-25-38(34)41)46-40-19-10-12-28-45-40/h7-9,15-16,20-25,30,40H,3-6,10-14,17-19,26-29,31H2,1-2H3. The van der Waals surface area contributed by atoms with Crippen LogP contribution in [-0.2, 0) is 16.0 Å². The SMILES string of the molecule is CCCCN(C)C(=O)CSCCCCCCOc1ccc(C2=C(c3ccccc3)CCCc3cc(OC4CCCCO4)ccc32)cc1. The average molecular weight is 656 g/mol. The van der Waals surface area contributed by atoms with E-state index in [1.807, 2.05) is 11.9 Å². The van der Waals surface area contributed by atoms with Gasteiger partial charge in [0.05, 0.1) is 19.0 Å². The molecule has 2 aliphatic rings. The van der Waals surface area contributed by atoms with Crippen LogP contribution >= 0.6 is 11.8 Å². The van der Waals surface area contributed by atoms with Crippen LogP contribution in [0.4, 0.5) is 0 Å². The molecule has 0 radical (unpaired) electrons. The van der Waals surface area contributed by atoms with Gasteiger partial charge in [-0.25, -0.2) is 0 Å². The highest BCUT2D eigenvalue weighted by Crippen LogP contribution is 2.41. The maximum Gasteiger partial charge on any atom is 0.232 e. The lowest BCUT2D eigenvalue weighted by molar-refractivity contribution is -0.127. The van der Waals surface area contributed by atoms with Crippen molar-refractivity contribution in [2.75, 3.05) is 38.3 Å². The summed E-state index contributed by atoms with van der Waals surface area (Å²) in [5.41, 5.74) is 7.84. The van der Waals surface area contributed by atoms with Gasteiger partial charge in [-0.3, -0.25) is 4.79 Å². The summed E-state index contributed by atoms with van der Waals surface area (Å²) >= 11 is 1.76. The number of thioether (sulfide) groups is 1. The summed E-state index contributed by atoms with van der Waals surface area (Å²) < 4.78 is 18.3. The van der Waals surface area contributed by atoms with Crippen molar-refractivity contribution in [1.29, 1.82) is 0 Å². The predicted octanol–water partition coefficient (Wildman–Crippen LogP) is 9.82. The van der Waals surface area contributed by atoms with Gasteiger partial charge in [-0.2, -0.15) is 11.8 Å². The van der Waals surface area contributed by atoms with Gasteiger partial charge >= 0.3 is 0 Å². The number of aryl methyl sites for hydroxylation is 1. The normalized spacial score (nSPS) is 16.3. The third kappa shape index (κ3) is 10.6. The minimum atomic E-state index is -0.140. The second-order valence-corrected chi connectivity index (χ2v) is 13.9. The van der Waals surface area contributed by atoms with Gasteiger partial charge in [0.15, 0.2) is 6.29 Å². The molecular formula is C41H53NO4S. The van der Waals surface area contributed by atoms with E-state index in [1.165, 1.54) is 39.8 Å². The fraction of sp³-hybridized carbons (Fsp3) is 0.488. The third-order valence-electron chi connectivity index (χ3n) is 9.14. The lowest BCUT2D eigenvalue weighted by Gasteiger charge is -2.24. The number of benzene rings is 3. The molecule has 1 atom stereocenters. The van der Waals surface area contributed by atoms with Gasteiger partial charge in [0, 0.05) is 20.0 Å². The zero-order valence-corrected chi connectivity index (χ0v) is 29.3. The molecule has 1 aliphatic heterocycles. The van der Waals surface area contributed by atoms with E-state index in [1.54, 1.807) is 11.8 Å². The number of hydrogen-bond donors (Lipinski definition) is 0. The Labute approximate surface area is 287 Å². The average Bonchev–Trinajstić information content (AvgIpc) is 3.30. The molecular weight excluding hydrogens is 603 g/mol. The highest BCUT2D eigenvalue weighted by molar-refractivity contribution is 7.99. The summed E-state index contributed by atoms with van der Waals surface area (Å²) in [6, 6.07) is 26.1. The summed E-state index contributed by atoms with van der Waals surface area (Å²) in [5, 5.41) is 0. The van der Waals surface area contributed by atoms with Crippen LogP contribution in [0.5, 0.6) is 11.5 Å². The number of rotatable bonds is 17. The van der Waals surface area contributed by atoms with E-state index in [4.69, 9.17) is 14.2 Å². The first kappa shape index (κ1) is 35.1. The van der Waals surface area contributed by atoms with Crippen molar-refractivity contribution in [3.63, 3.8) is 0 Å². The highest BCUT2D eigenvalue weighted by Gasteiger charge is 2.22. The number of carbonyl (C=O) groups excluding carboxylic acids is 1. The lowest BCUT2D eigenvalue weighted by Crippen LogP contribution is -2.29. The van der Waals surface area contributed by atoms with Crippen LogP contribution in [0.2, 0.25) is 0 Å². The van der Waals surface area contributed by atoms with E-state index >= 15 is 0 Å². The van der Waals surface area contributed by atoms with Gasteiger partial charge in [-0.15, -0.1) is 0 Å². The Morgan fingerprint density at radius 3 is 2.47 bits per heavy atom. The summed E-state index contributed by atoms with van der Waals surface area (Å²) in [7, 11) is 1.92. The Morgan fingerprint density at radius 2 is 1.68 bits per heavy atom. The molecule has 3 aromatic rings. The molecule has 1 amide bonds. The van der Waals surface area contributed by atoms with Gasteiger partial charge in [0.2, 0.25) is 5.91 Å². The molecule has 252 valence electrons. The summed E-state index contributed by atoms with van der Waals surface area (Å²) in [5.74, 6) is 3.72. The molecule has 0 aromatic heterocycles. The monoisotopic (exact) mass is 655 g/mol. The van der Waals surface area contributed by atoms with Crippen LogP contribution in [0, 0.1) is 0 Å². The Balaban J connectivity index is 1.16. The molecule has 1 unspecified atom stereocenters. The number of fused-ring (bicyclic) bond motifs is 1. The molecule has 3 aromatic carbocycles. The number of nitrogens with zero attached hydrogens (tertiary/aromatic N) is 1. The van der Waals surface area contributed by atoms with Crippen molar-refractivity contribution in [3.05, 3.63) is 95.1 Å². The Bertz CT molecular complexity index is 1420. The molecule has 0 bridgehead atoms. The molecule has 1 heterocycles. The van der Waals surface area contributed by atoms with E-state index in [9.17, 15) is 4.79 Å². The van der Waals surface area contributed by atoms with Crippen molar-refractivity contribution in [1.82, 2.24) is 4.90 Å². The van der Waals surface area contributed by atoms with Gasteiger partial charge < -0.3 is 19.1 Å². The van der Waals surface area contributed by atoms with E-state index in [-0.39, 0.29) is 12.2 Å². The maximum atomic E-state index is 12.2. The molecule has 0 N–H and O–H groups in total. The molecule has 5 nitrogen and oxygen atoms in total. The largest absolute Gasteiger partial charge is 0.494 e. The first-order valence-corrected chi connectivity index (χ1v) is 19.0. The minimum Gasteiger partial charge on any atom is -0.494 e. The maximum absolute atomic E-state index is 12.2. The first-order chi connectivity index (χ1) is 23.1. The van der Waals surface area contributed by atoms with Crippen LogP contribution in [-0.4, -0.2) is 55.4 Å². The molecule has 1 aliphatic carbocycles. The van der Waals surface area contributed by atoms with Crippen LogP contribution in [0.25, 0.3) is 11.1 Å². The molecule has 5 rings (SSSR count). The van der Waals surface area contributed by atoms with E-state index in [0.29, 0.717) is 5.75 Å². The fourth-order valence-electron chi connectivity index (χ4n) is 6.41. The van der Waals surface area contributed by atoms with Crippen molar-refractivity contribution < 1.29 is 19.0 Å². The quantitative estimate of drug-likeness (QED) is 0.136. The number of hydrogen-bond acceptors (Lipinski definition) is 5. The lowest BCUT2D eigenvalue weighted by atomic mass is 9.88. The summed E-state index contributed by atoms with van der Waals surface area (Å²) in [6.07, 6.45) is 12.9. The number of allylic oxidation sites excluding steroid dienone is 1. The van der Waals surface area contributed by atoms with Gasteiger partial charge in [-0.1, -0.05) is 74.7 Å². The van der Waals surface area contributed by atoms with E-state index in [2.05, 4.69) is 79.7 Å². The highest BCUT2D eigenvalue weighted by atomic mass is 32.2. The number of amides is 1. The minimum absolute atomic E-state index is 0.140. The number of unbranched alkanes of at least 4 members (excludes halogenated alkanes) is 4. The van der Waals surface area contributed by atoms with Crippen LogP contribution in [0.15, 0.2) is 72.8 Å². The van der Waals surface area contributed by atoms with Crippen LogP contribution < -0.4 is 9.47 Å². The molecule has 47 heavy (non-hydrogen) atoms. The smallest absolute Gasteiger partial charge is 0.232 e. The second-order valence-electron chi connectivity index (χ2n) is 12.8. The van der Waals surface area contributed by atoms with Crippen molar-refractivity contribution in [3.8, 4) is 11.5 Å². The van der Waals surface area contributed by atoms with E-state index in [0.717, 1.165) is 108 Å². The molecule has 1 fully saturated rings. The topological polar surface area (TPSA) is 48.0 Å². The summed E-state index contributed by atoms with van der Waals surface area (Å²) in [4.78, 5) is 14.0. The van der Waals surface area contributed by atoms with Gasteiger partial charge in [-0.05, 0) is 115 Å². The van der Waals surface area contributed by atoms with Gasteiger partial charge in [0.1, 0.15) is 11.5 Å². The van der Waals surface area contributed by atoms with Crippen molar-refractivity contribution in [2.24, 2.45) is 0 Å². The zero-order valence-electron chi connectivity index (χ0n) is 28.5. The van der Waals surface area contributed by atoms with Crippen molar-refractivity contribution >= 4 is 28.8 Å². The third-order valence-corrected chi connectivity index (χ3v) is 10.2. The van der Waals surface area contributed by atoms with Crippen molar-refractivity contribution in [2.45, 2.75) is 90.3 Å². The second kappa shape index (κ2) is 18.9. The van der Waals surface area contributed by atoms with Crippen LogP contribution in [0.3, 0.4) is 0 Å². The van der Waals surface area contributed by atoms with Crippen LogP contribution in [0.1, 0.15) is 99.8 Å². The first-order valence-electron chi connectivity index (χ1n) is 17.9. The Kier molecular flexibility index (Phi) is 14.1. The molecule has 1 saturated heterocycles. The van der Waals surface area contributed by atoms with E-state index < -0.39 is 0 Å². The Morgan fingerprint density at radius 1 is 0.872 bits per heavy atom. The zero-order chi connectivity index (χ0) is 32.7. The number of carbonyl (C=O) groups is 1. The fourth-order valence-corrected chi connectivity index (χ4v) is 7.36. The number of ether oxygens (including phenoxy) is 3. The predicted molar refractivity (Wildman–Crippen MR) is 196 cm³/mol. The summed E-state index contributed by atoms with van der Waals surface area (Å²) in [6.45, 7) is 4.53. The molecule has 0 saturated carbocycles. The molecule has 0 spiro atoms.